The van der Waals surface area contributed by atoms with Gasteiger partial charge < -0.3 is 49.3 Å². The van der Waals surface area contributed by atoms with Gasteiger partial charge in [0, 0.05) is 50.4 Å². The van der Waals surface area contributed by atoms with Gasteiger partial charge in [-0.1, -0.05) is 36.1 Å². The summed E-state index contributed by atoms with van der Waals surface area (Å²) in [6.07, 6.45) is 2.01. The number of aromatic nitrogens is 4. The van der Waals surface area contributed by atoms with E-state index in [0.717, 1.165) is 9.80 Å². The molecule has 4 aliphatic heterocycles. The lowest BCUT2D eigenvalue weighted by molar-refractivity contribution is -0.138. The molecule has 4 fully saturated rings. The number of nitrogens with zero attached hydrogens (tertiary/aromatic N) is 4. The number of ether oxygens (including phenoxy) is 4. The molecule has 0 radical (unpaired) electrons. The van der Waals surface area contributed by atoms with E-state index in [-0.39, 0.29) is 23.5 Å². The Labute approximate surface area is 377 Å². The van der Waals surface area contributed by atoms with E-state index in [9.17, 15) is 36.7 Å². The molecule has 0 aliphatic carbocycles. The lowest BCUT2D eigenvalue weighted by atomic mass is 9.90. The number of rotatable bonds is 10. The summed E-state index contributed by atoms with van der Waals surface area (Å²) >= 11 is 0. The molecule has 0 bridgehead atoms. The van der Waals surface area contributed by atoms with Gasteiger partial charge in [0.1, 0.15) is 23.7 Å². The van der Waals surface area contributed by atoms with Crippen molar-refractivity contribution in [2.45, 2.75) is 74.5 Å². The van der Waals surface area contributed by atoms with Crippen molar-refractivity contribution in [1.82, 2.24) is 40.4 Å². The molecule has 4 aromatic rings. The summed E-state index contributed by atoms with van der Waals surface area (Å²) in [4.78, 5) is 69.4. The zero-order chi connectivity index (χ0) is 46.6. The van der Waals surface area contributed by atoms with Crippen LogP contribution < -0.4 is 10.6 Å². The number of nitrogens with one attached hydrogen (secondary N) is 4. The summed E-state index contributed by atoms with van der Waals surface area (Å²) in [5.41, 5.74) is 3.91. The molecule has 0 spiro atoms. The molecule has 20 heteroatoms. The van der Waals surface area contributed by atoms with Crippen LogP contribution in [0.5, 0.6) is 0 Å². The first kappa shape index (κ1) is 46.1. The van der Waals surface area contributed by atoms with Crippen molar-refractivity contribution < 1.29 is 55.7 Å². The van der Waals surface area contributed by atoms with E-state index in [1.54, 1.807) is 24.3 Å². The van der Waals surface area contributed by atoms with Crippen LogP contribution in [0.4, 0.5) is 27.2 Å². The molecule has 350 valence electrons. The molecule has 0 saturated carbocycles. The zero-order valence-electron chi connectivity index (χ0n) is 36.3. The summed E-state index contributed by atoms with van der Waals surface area (Å²) in [6, 6.07) is 10.2. The van der Waals surface area contributed by atoms with Crippen molar-refractivity contribution in [3.8, 4) is 34.4 Å². The van der Waals surface area contributed by atoms with Gasteiger partial charge in [0.25, 0.3) is 11.8 Å². The molecule has 4 amide bonds. The highest BCUT2D eigenvalue weighted by Crippen LogP contribution is 2.43. The van der Waals surface area contributed by atoms with Gasteiger partial charge in [-0.3, -0.25) is 9.59 Å². The monoisotopic (exact) mass is 918 g/mol. The molecule has 8 rings (SSSR count). The van der Waals surface area contributed by atoms with Gasteiger partial charge in [-0.2, -0.15) is 0 Å². The minimum Gasteiger partial charge on any atom is -0.453 e. The number of imidazole rings is 2. The normalized spacial score (nSPS) is 21.6. The highest BCUT2D eigenvalue weighted by molar-refractivity contribution is 5.87. The van der Waals surface area contributed by atoms with Crippen molar-refractivity contribution >= 4 is 24.0 Å². The fourth-order valence-corrected chi connectivity index (χ4v) is 9.09. The Morgan fingerprint density at radius 2 is 1.02 bits per heavy atom. The Morgan fingerprint density at radius 3 is 1.36 bits per heavy atom. The minimum absolute atomic E-state index is 0.194. The second kappa shape index (κ2) is 19.6. The van der Waals surface area contributed by atoms with E-state index >= 15 is 0 Å². The number of hydrogen-bond donors (Lipinski definition) is 4. The lowest BCUT2D eigenvalue weighted by Crippen LogP contribution is -2.53. The van der Waals surface area contributed by atoms with Crippen molar-refractivity contribution in [2.75, 3.05) is 53.7 Å². The average Bonchev–Trinajstić information content (AvgIpc) is 4.15. The number of alkyl carbamates (subject to hydrolysis) is 2. The van der Waals surface area contributed by atoms with Crippen molar-refractivity contribution in [1.29, 1.82) is 0 Å². The third-order valence-electron chi connectivity index (χ3n) is 12.6. The Balaban J connectivity index is 0.920. The maximum absolute atomic E-state index is 15.0. The summed E-state index contributed by atoms with van der Waals surface area (Å²) in [5, 5.41) is 5.14. The van der Waals surface area contributed by atoms with Crippen LogP contribution in [-0.2, 0) is 28.5 Å². The summed E-state index contributed by atoms with van der Waals surface area (Å²) < 4.78 is 80.2. The second-order valence-electron chi connectivity index (χ2n) is 17.0. The first-order valence-electron chi connectivity index (χ1n) is 21.7. The number of benzene rings is 2. The fourth-order valence-electron chi connectivity index (χ4n) is 9.09. The number of carbonyl (C=O) groups excluding carboxylic acids is 4. The molecule has 4 saturated heterocycles. The lowest BCUT2D eigenvalue weighted by Gasteiger charge is -2.33. The van der Waals surface area contributed by atoms with Crippen LogP contribution in [0.3, 0.4) is 0 Å². The highest BCUT2D eigenvalue weighted by atomic mass is 19.3. The average molecular weight is 919 g/mol. The standard InChI is InChI=1S/C46H50F4N8O8/c1-63-43(61)55-37(31-13-17-65-18-14-31)41(59)57-25-45(47,48)21-35(57)39-51-23-33(53-39)29-9-5-27(6-10-29)3-4-28-7-11-30(12-8-28)34-24-52-40(54-34)36-22-46(49,50)26-58(36)42(60)38(56-44(62)64-2)32-15-19-66-20-16-32/h5-12,23-24,31-32,35-38H,13-22,25-26H2,1-2H3,(H,51,53)(H,52,54)(H,55,61)(H,56,62)/t35-,36-,37-,38+/m0/s1. The Hall–Kier alpha value is -6.46. The molecule has 16 nitrogen and oxygen atoms in total. The zero-order valence-corrected chi connectivity index (χ0v) is 36.3. The molecule has 4 atom stereocenters. The fraction of sp³-hybridized carbons (Fsp3) is 0.478. The van der Waals surface area contributed by atoms with Gasteiger partial charge in [-0.15, -0.1) is 0 Å². The number of methoxy groups -OCH3 is 2. The van der Waals surface area contributed by atoms with Gasteiger partial charge >= 0.3 is 12.2 Å². The highest BCUT2D eigenvalue weighted by Gasteiger charge is 2.52. The number of halogens is 4. The topological polar surface area (TPSA) is 193 Å². The molecule has 2 aromatic carbocycles. The molecule has 2 aromatic heterocycles. The summed E-state index contributed by atoms with van der Waals surface area (Å²) in [5.74, 6) is -1.61. The molecule has 6 heterocycles. The van der Waals surface area contributed by atoms with Crippen molar-refractivity contribution in [3.63, 3.8) is 0 Å². The van der Waals surface area contributed by atoms with Gasteiger partial charge in [-0.05, 0) is 72.9 Å². The molecule has 66 heavy (non-hydrogen) atoms. The number of amides is 4. The van der Waals surface area contributed by atoms with Crippen molar-refractivity contribution in [3.05, 3.63) is 83.7 Å². The largest absolute Gasteiger partial charge is 0.453 e. The predicted octanol–water partition coefficient (Wildman–Crippen LogP) is 5.99. The maximum Gasteiger partial charge on any atom is 0.407 e. The number of aromatic amines is 2. The number of H-pyrrole nitrogens is 2. The molecule has 4 N–H and O–H groups in total. The van der Waals surface area contributed by atoms with E-state index in [1.165, 1.54) is 26.6 Å². The number of hydrogen-bond acceptors (Lipinski definition) is 10. The quantitative estimate of drug-likeness (QED) is 0.109. The van der Waals surface area contributed by atoms with E-state index in [1.807, 2.05) is 24.3 Å². The van der Waals surface area contributed by atoms with Crippen LogP contribution in [0, 0.1) is 23.7 Å². The van der Waals surface area contributed by atoms with E-state index < -0.39 is 85.9 Å². The van der Waals surface area contributed by atoms with Crippen LogP contribution in [0.25, 0.3) is 22.5 Å². The van der Waals surface area contributed by atoms with E-state index in [2.05, 4.69) is 42.4 Å². The first-order chi connectivity index (χ1) is 31.7. The van der Waals surface area contributed by atoms with E-state index in [4.69, 9.17) is 18.9 Å². The Bertz CT molecular complexity index is 2280. The smallest absolute Gasteiger partial charge is 0.407 e. The predicted molar refractivity (Wildman–Crippen MR) is 228 cm³/mol. The van der Waals surface area contributed by atoms with Gasteiger partial charge in [-0.25, -0.2) is 37.1 Å². The third kappa shape index (κ3) is 10.5. The SMILES string of the molecule is COC(=O)N[C@H](C(=O)N1CC(F)(F)C[C@H]1c1ncc(-c2ccc(C#Cc3ccc(-c4cnc([C@@H]5CC(F)(F)CN5C(=O)[C@H](NC(=O)OC)C5CCOCC5)[nH]4)cc3)cc2)[nH]1)C1CCOCC1. The van der Waals surface area contributed by atoms with E-state index in [0.29, 0.717) is 85.8 Å². The maximum atomic E-state index is 15.0. The molecular weight excluding hydrogens is 869 g/mol. The van der Waals surface area contributed by atoms with Crippen LogP contribution in [-0.4, -0.2) is 131 Å². The van der Waals surface area contributed by atoms with Crippen LogP contribution in [0.15, 0.2) is 60.9 Å². The number of likely N-dealkylation sites (tertiary alicyclic amines) is 2. The van der Waals surface area contributed by atoms with Crippen molar-refractivity contribution in [2.24, 2.45) is 11.8 Å². The molecular formula is C46H50F4N8O8. The third-order valence-corrected chi connectivity index (χ3v) is 12.6. The summed E-state index contributed by atoms with van der Waals surface area (Å²) in [7, 11) is 2.34. The molecule has 0 unspecified atom stereocenters. The Morgan fingerprint density at radius 1 is 0.652 bits per heavy atom. The van der Waals surface area contributed by atoms with Crippen LogP contribution >= 0.6 is 0 Å². The number of alkyl halides is 4. The van der Waals surface area contributed by atoms with Gasteiger partial charge in [0.05, 0.1) is 63.2 Å². The molecule has 4 aliphatic rings. The van der Waals surface area contributed by atoms with Crippen LogP contribution in [0.2, 0.25) is 0 Å². The van der Waals surface area contributed by atoms with Crippen LogP contribution in [0.1, 0.15) is 73.4 Å². The second-order valence-corrected chi connectivity index (χ2v) is 17.0. The Kier molecular flexibility index (Phi) is 13.7. The first-order valence-corrected chi connectivity index (χ1v) is 21.7. The van der Waals surface area contributed by atoms with Gasteiger partial charge in [0.2, 0.25) is 11.8 Å². The number of carbonyl (C=O) groups is 4. The minimum atomic E-state index is -3.17. The van der Waals surface area contributed by atoms with Gasteiger partial charge in [0.15, 0.2) is 0 Å². The summed E-state index contributed by atoms with van der Waals surface area (Å²) in [6.45, 7) is -0.111.